The van der Waals surface area contributed by atoms with Crippen molar-refractivity contribution >= 4 is 22.8 Å². The van der Waals surface area contributed by atoms with Gasteiger partial charge in [-0.1, -0.05) is 0 Å². The lowest BCUT2D eigenvalue weighted by Gasteiger charge is -2.16. The third-order valence-corrected chi connectivity index (χ3v) is 4.22. The number of carboxylic acid groups (broad SMARTS) is 1. The second kappa shape index (κ2) is 7.00. The van der Waals surface area contributed by atoms with Gasteiger partial charge in [-0.3, -0.25) is 4.79 Å². The normalized spacial score (nSPS) is 18.6. The van der Waals surface area contributed by atoms with Gasteiger partial charge in [-0.25, -0.2) is 9.18 Å². The summed E-state index contributed by atoms with van der Waals surface area (Å²) in [5.74, 6) is -1.80. The van der Waals surface area contributed by atoms with E-state index in [2.05, 4.69) is 10.3 Å². The predicted octanol–water partition coefficient (Wildman–Crippen LogP) is 1.99. The van der Waals surface area contributed by atoms with Crippen LogP contribution in [0.25, 0.3) is 10.9 Å². The molecule has 2 heterocycles. The number of amides is 1. The molecular formula is C17H19FN2O4. The highest BCUT2D eigenvalue weighted by atomic mass is 19.1. The number of benzene rings is 1. The molecule has 3 N–H and O–H groups in total. The van der Waals surface area contributed by atoms with E-state index in [9.17, 15) is 19.1 Å². The third-order valence-electron chi connectivity index (χ3n) is 4.22. The number of nitrogens with one attached hydrogen (secondary N) is 2. The Morgan fingerprint density at radius 2 is 2.29 bits per heavy atom. The minimum Gasteiger partial charge on any atom is -0.480 e. The summed E-state index contributed by atoms with van der Waals surface area (Å²) in [5.41, 5.74) is 1.31. The minimum absolute atomic E-state index is 0.123. The molecule has 2 aromatic rings. The van der Waals surface area contributed by atoms with Gasteiger partial charge in [-0.15, -0.1) is 0 Å². The molecule has 0 spiro atoms. The molecule has 0 unspecified atom stereocenters. The van der Waals surface area contributed by atoms with E-state index in [-0.39, 0.29) is 30.7 Å². The average Bonchev–Trinajstić information content (AvgIpc) is 3.16. The van der Waals surface area contributed by atoms with Crippen molar-refractivity contribution in [2.45, 2.75) is 37.8 Å². The maximum Gasteiger partial charge on any atom is 0.326 e. The summed E-state index contributed by atoms with van der Waals surface area (Å²) in [7, 11) is 0. The first-order valence-corrected chi connectivity index (χ1v) is 7.92. The van der Waals surface area contributed by atoms with Crippen LogP contribution in [0, 0.1) is 5.82 Å². The van der Waals surface area contributed by atoms with Crippen LogP contribution < -0.4 is 5.32 Å². The maximum atomic E-state index is 13.2. The highest BCUT2D eigenvalue weighted by Crippen LogP contribution is 2.21. The minimum atomic E-state index is -1.10. The number of aliphatic carboxylic acids is 1. The van der Waals surface area contributed by atoms with E-state index < -0.39 is 12.0 Å². The number of H-pyrrole nitrogens is 1. The summed E-state index contributed by atoms with van der Waals surface area (Å²) in [5, 5.41) is 12.7. The molecule has 1 saturated heterocycles. The first kappa shape index (κ1) is 16.4. The maximum absolute atomic E-state index is 13.2. The Kier molecular flexibility index (Phi) is 4.80. The molecule has 3 rings (SSSR count). The number of rotatable bonds is 6. The van der Waals surface area contributed by atoms with Crippen molar-refractivity contribution < 1.29 is 23.8 Å². The lowest BCUT2D eigenvalue weighted by atomic mass is 10.0. The zero-order valence-electron chi connectivity index (χ0n) is 13.0. The Balaban J connectivity index is 1.68. The number of carboxylic acids is 1. The van der Waals surface area contributed by atoms with Crippen LogP contribution in [-0.4, -0.2) is 40.7 Å². The molecule has 0 radical (unpaired) electrons. The first-order chi connectivity index (χ1) is 11.5. The zero-order valence-corrected chi connectivity index (χ0v) is 13.0. The van der Waals surface area contributed by atoms with E-state index in [1.165, 1.54) is 12.1 Å². The molecule has 0 aliphatic carbocycles. The van der Waals surface area contributed by atoms with E-state index >= 15 is 0 Å². The van der Waals surface area contributed by atoms with Crippen molar-refractivity contribution in [3.05, 3.63) is 35.8 Å². The highest BCUT2D eigenvalue weighted by molar-refractivity contribution is 5.86. The van der Waals surface area contributed by atoms with Crippen molar-refractivity contribution in [2.75, 3.05) is 6.61 Å². The second-order valence-electron chi connectivity index (χ2n) is 6.01. The van der Waals surface area contributed by atoms with Crippen molar-refractivity contribution in [1.82, 2.24) is 10.3 Å². The van der Waals surface area contributed by atoms with Gasteiger partial charge >= 0.3 is 5.97 Å². The molecule has 0 saturated carbocycles. The van der Waals surface area contributed by atoms with Gasteiger partial charge in [-0.2, -0.15) is 0 Å². The molecule has 1 fully saturated rings. The second-order valence-corrected chi connectivity index (χ2v) is 6.01. The molecule has 7 heteroatoms. The lowest BCUT2D eigenvalue weighted by Crippen LogP contribution is -2.43. The van der Waals surface area contributed by atoms with Crippen LogP contribution in [0.3, 0.4) is 0 Å². The number of aromatic nitrogens is 1. The van der Waals surface area contributed by atoms with Crippen molar-refractivity contribution in [1.29, 1.82) is 0 Å². The molecule has 1 aromatic carbocycles. The lowest BCUT2D eigenvalue weighted by molar-refractivity contribution is -0.142. The summed E-state index contributed by atoms with van der Waals surface area (Å²) >= 11 is 0. The van der Waals surface area contributed by atoms with Gasteiger partial charge in [0.2, 0.25) is 5.91 Å². The third kappa shape index (κ3) is 3.73. The molecule has 1 aromatic heterocycles. The van der Waals surface area contributed by atoms with Crippen LogP contribution in [0.1, 0.15) is 24.8 Å². The standard InChI is InChI=1S/C17H19FN2O4/c18-11-3-4-13-10(9-19-14(13)7-11)6-15(17(22)23)20-16(21)8-12-2-1-5-24-12/h3-4,7,9,12,15,19H,1-2,5-6,8H2,(H,20,21)(H,22,23)/t12-,15+/m1/s1. The molecule has 2 atom stereocenters. The molecule has 128 valence electrons. The summed E-state index contributed by atoms with van der Waals surface area (Å²) in [6.45, 7) is 0.645. The Labute approximate surface area is 138 Å². The van der Waals surface area contributed by atoms with Crippen LogP contribution in [-0.2, 0) is 20.7 Å². The highest BCUT2D eigenvalue weighted by Gasteiger charge is 2.25. The van der Waals surface area contributed by atoms with E-state index in [1.807, 2.05) is 0 Å². The molecule has 6 nitrogen and oxygen atoms in total. The van der Waals surface area contributed by atoms with Crippen LogP contribution >= 0.6 is 0 Å². The topological polar surface area (TPSA) is 91.4 Å². The monoisotopic (exact) mass is 334 g/mol. The van der Waals surface area contributed by atoms with Crippen LogP contribution in [0.15, 0.2) is 24.4 Å². The smallest absolute Gasteiger partial charge is 0.326 e. The number of fused-ring (bicyclic) bond motifs is 1. The Bertz CT molecular complexity index is 752. The van der Waals surface area contributed by atoms with Crippen LogP contribution in [0.2, 0.25) is 0 Å². The van der Waals surface area contributed by atoms with Gasteiger partial charge in [0.05, 0.1) is 12.5 Å². The van der Waals surface area contributed by atoms with Gasteiger partial charge in [-0.05, 0) is 36.6 Å². The number of hydrogen-bond donors (Lipinski definition) is 3. The van der Waals surface area contributed by atoms with E-state index in [0.29, 0.717) is 12.1 Å². The van der Waals surface area contributed by atoms with Gasteiger partial charge < -0.3 is 20.1 Å². The first-order valence-electron chi connectivity index (χ1n) is 7.92. The number of aromatic amines is 1. The summed E-state index contributed by atoms with van der Waals surface area (Å²) in [4.78, 5) is 26.4. The van der Waals surface area contributed by atoms with Gasteiger partial charge in [0.25, 0.3) is 0 Å². The number of halogens is 1. The zero-order chi connectivity index (χ0) is 17.1. The molecule has 1 aliphatic heterocycles. The Morgan fingerprint density at radius 1 is 1.46 bits per heavy atom. The largest absolute Gasteiger partial charge is 0.480 e. The van der Waals surface area contributed by atoms with Gasteiger partial charge in [0.15, 0.2) is 0 Å². The predicted molar refractivity (Wildman–Crippen MR) is 85.1 cm³/mol. The van der Waals surface area contributed by atoms with Gasteiger partial charge in [0.1, 0.15) is 11.9 Å². The number of carbonyl (C=O) groups is 2. The number of ether oxygens (including phenoxy) is 1. The fourth-order valence-electron chi connectivity index (χ4n) is 3.01. The fourth-order valence-corrected chi connectivity index (χ4v) is 3.01. The van der Waals surface area contributed by atoms with Gasteiger partial charge in [0, 0.05) is 30.1 Å². The molecule has 1 amide bonds. The summed E-state index contributed by atoms with van der Waals surface area (Å²) < 4.78 is 18.6. The number of hydrogen-bond acceptors (Lipinski definition) is 3. The number of carbonyl (C=O) groups excluding carboxylic acids is 1. The van der Waals surface area contributed by atoms with E-state index in [1.54, 1.807) is 12.3 Å². The summed E-state index contributed by atoms with van der Waals surface area (Å²) in [6.07, 6.45) is 3.55. The molecule has 1 aliphatic rings. The molecule has 24 heavy (non-hydrogen) atoms. The van der Waals surface area contributed by atoms with Crippen LogP contribution in [0.4, 0.5) is 4.39 Å². The Hall–Kier alpha value is -2.41. The van der Waals surface area contributed by atoms with E-state index in [0.717, 1.165) is 23.8 Å². The average molecular weight is 334 g/mol. The van der Waals surface area contributed by atoms with Crippen molar-refractivity contribution in [3.8, 4) is 0 Å². The van der Waals surface area contributed by atoms with Crippen LogP contribution in [0.5, 0.6) is 0 Å². The van der Waals surface area contributed by atoms with Crippen molar-refractivity contribution in [3.63, 3.8) is 0 Å². The quantitative estimate of drug-likeness (QED) is 0.753. The van der Waals surface area contributed by atoms with Crippen molar-refractivity contribution in [2.24, 2.45) is 0 Å². The SMILES string of the molecule is O=C(C[C@H]1CCCO1)N[C@@H](Cc1c[nH]c2cc(F)ccc12)C(=O)O. The molecule has 0 bridgehead atoms. The summed E-state index contributed by atoms with van der Waals surface area (Å²) in [6, 6.07) is 3.24. The Morgan fingerprint density at radius 3 is 3.00 bits per heavy atom. The van der Waals surface area contributed by atoms with E-state index in [4.69, 9.17) is 4.74 Å². The fraction of sp³-hybridized carbons (Fsp3) is 0.412. The molecular weight excluding hydrogens is 315 g/mol.